The molecule has 1 aromatic heterocycles. The first-order valence-electron chi connectivity index (χ1n) is 6.07. The van der Waals surface area contributed by atoms with E-state index in [4.69, 9.17) is 0 Å². The van der Waals surface area contributed by atoms with Gasteiger partial charge in [-0.2, -0.15) is 0 Å². The number of hydrogen-bond acceptors (Lipinski definition) is 4. The zero-order chi connectivity index (χ0) is 13.0. The summed E-state index contributed by atoms with van der Waals surface area (Å²) in [5.74, 6) is 0.0385. The number of amides is 1. The zero-order valence-electron chi connectivity index (χ0n) is 10.6. The Morgan fingerprint density at radius 2 is 2.28 bits per heavy atom. The topological polar surface area (TPSA) is 54.0 Å². The lowest BCUT2D eigenvalue weighted by Gasteiger charge is -2.05. The first-order valence-corrected chi connectivity index (χ1v) is 6.88. The van der Waals surface area contributed by atoms with Gasteiger partial charge in [-0.1, -0.05) is 6.92 Å². The number of carbonyl (C=O) groups excluding carboxylic acids is 1. The van der Waals surface area contributed by atoms with Crippen LogP contribution in [0.2, 0.25) is 0 Å². The first-order chi connectivity index (χ1) is 8.69. The monoisotopic (exact) mass is 263 g/mol. The number of nitrogens with one attached hydrogen (secondary N) is 2. The van der Waals surface area contributed by atoms with Gasteiger partial charge in [0.25, 0.3) is 0 Å². The molecule has 5 heteroatoms. The number of anilines is 1. The number of aromatic nitrogens is 1. The predicted octanol–water partition coefficient (Wildman–Crippen LogP) is 2.54. The van der Waals surface area contributed by atoms with Crippen molar-refractivity contribution in [3.63, 3.8) is 0 Å². The number of hydrogen-bond donors (Lipinski definition) is 2. The van der Waals surface area contributed by atoms with Crippen molar-refractivity contribution < 1.29 is 4.79 Å². The van der Waals surface area contributed by atoms with Crippen LogP contribution in [0.4, 0.5) is 5.69 Å². The Morgan fingerprint density at radius 3 is 3.06 bits per heavy atom. The lowest BCUT2D eigenvalue weighted by Crippen LogP contribution is -2.21. The standard InChI is InChI=1S/C13H17N3OS/c1-3-14-7-6-13(17)16-10-4-5-11-12(8-10)18-9(2)15-11/h4-5,8,14H,3,6-7H2,1-2H3,(H,16,17). The minimum Gasteiger partial charge on any atom is -0.326 e. The van der Waals surface area contributed by atoms with Crippen molar-refractivity contribution in [3.8, 4) is 0 Å². The van der Waals surface area contributed by atoms with Crippen molar-refractivity contribution in [2.24, 2.45) is 0 Å². The van der Waals surface area contributed by atoms with E-state index in [1.165, 1.54) is 0 Å². The van der Waals surface area contributed by atoms with E-state index in [0.29, 0.717) is 13.0 Å². The average Bonchev–Trinajstić information content (AvgIpc) is 2.69. The maximum absolute atomic E-state index is 11.7. The molecule has 0 bridgehead atoms. The highest BCUT2D eigenvalue weighted by Crippen LogP contribution is 2.24. The molecule has 0 aliphatic heterocycles. The van der Waals surface area contributed by atoms with Gasteiger partial charge < -0.3 is 10.6 Å². The van der Waals surface area contributed by atoms with Crippen LogP contribution < -0.4 is 10.6 Å². The van der Waals surface area contributed by atoms with E-state index in [0.717, 1.165) is 27.5 Å². The van der Waals surface area contributed by atoms with Crippen molar-refractivity contribution in [3.05, 3.63) is 23.2 Å². The van der Waals surface area contributed by atoms with Gasteiger partial charge in [0.2, 0.25) is 5.91 Å². The van der Waals surface area contributed by atoms with Crippen LogP contribution in [0.3, 0.4) is 0 Å². The molecule has 96 valence electrons. The first kappa shape index (κ1) is 13.0. The summed E-state index contributed by atoms with van der Waals surface area (Å²) >= 11 is 1.64. The minimum atomic E-state index is 0.0385. The lowest BCUT2D eigenvalue weighted by molar-refractivity contribution is -0.116. The Morgan fingerprint density at radius 1 is 1.44 bits per heavy atom. The Balaban J connectivity index is 2.00. The predicted molar refractivity (Wildman–Crippen MR) is 76.1 cm³/mol. The Hall–Kier alpha value is -1.46. The van der Waals surface area contributed by atoms with Crippen LogP contribution in [0.1, 0.15) is 18.4 Å². The quantitative estimate of drug-likeness (QED) is 0.815. The summed E-state index contributed by atoms with van der Waals surface area (Å²) in [5, 5.41) is 7.07. The summed E-state index contributed by atoms with van der Waals surface area (Å²) in [6, 6.07) is 5.82. The molecule has 0 aliphatic carbocycles. The molecule has 0 aliphatic rings. The molecule has 0 radical (unpaired) electrons. The van der Waals surface area contributed by atoms with Crippen molar-refractivity contribution in [1.29, 1.82) is 0 Å². The summed E-state index contributed by atoms with van der Waals surface area (Å²) in [4.78, 5) is 16.1. The molecule has 2 rings (SSSR count). The molecule has 2 aromatic rings. The van der Waals surface area contributed by atoms with Crippen molar-refractivity contribution in [2.45, 2.75) is 20.3 Å². The molecular formula is C13H17N3OS. The maximum atomic E-state index is 11.7. The van der Waals surface area contributed by atoms with E-state index < -0.39 is 0 Å². The maximum Gasteiger partial charge on any atom is 0.225 e. The Labute approximate surface area is 110 Å². The number of rotatable bonds is 5. The fourth-order valence-electron chi connectivity index (χ4n) is 1.72. The Bertz CT molecular complexity index is 550. The molecule has 0 atom stereocenters. The lowest BCUT2D eigenvalue weighted by atomic mass is 10.3. The summed E-state index contributed by atoms with van der Waals surface area (Å²) < 4.78 is 1.11. The largest absolute Gasteiger partial charge is 0.326 e. The number of thiazole rings is 1. The fourth-order valence-corrected chi connectivity index (χ4v) is 2.59. The highest BCUT2D eigenvalue weighted by atomic mass is 32.1. The Kier molecular flexibility index (Phi) is 4.28. The minimum absolute atomic E-state index is 0.0385. The van der Waals surface area contributed by atoms with Crippen LogP contribution >= 0.6 is 11.3 Å². The molecule has 1 heterocycles. The number of fused-ring (bicyclic) bond motifs is 1. The van der Waals surface area contributed by atoms with E-state index in [1.807, 2.05) is 32.0 Å². The van der Waals surface area contributed by atoms with Crippen LogP contribution in [0, 0.1) is 6.92 Å². The van der Waals surface area contributed by atoms with Gasteiger partial charge in [-0.15, -0.1) is 11.3 Å². The second kappa shape index (κ2) is 5.93. The zero-order valence-corrected chi connectivity index (χ0v) is 11.4. The van der Waals surface area contributed by atoms with Crippen molar-refractivity contribution >= 4 is 33.1 Å². The normalized spacial score (nSPS) is 10.8. The van der Waals surface area contributed by atoms with Crippen molar-refractivity contribution in [1.82, 2.24) is 10.3 Å². The molecule has 0 saturated carbocycles. The van der Waals surface area contributed by atoms with Crippen LogP contribution in [-0.2, 0) is 4.79 Å². The third kappa shape index (κ3) is 3.27. The van der Waals surface area contributed by atoms with E-state index in [1.54, 1.807) is 11.3 Å². The molecule has 0 fully saturated rings. The van der Waals surface area contributed by atoms with E-state index in [9.17, 15) is 4.79 Å². The van der Waals surface area contributed by atoms with Gasteiger partial charge in [0.1, 0.15) is 0 Å². The number of aryl methyl sites for hydroxylation is 1. The van der Waals surface area contributed by atoms with E-state index in [-0.39, 0.29) is 5.91 Å². The van der Waals surface area contributed by atoms with Gasteiger partial charge in [-0.3, -0.25) is 4.79 Å². The molecule has 2 N–H and O–H groups in total. The fraction of sp³-hybridized carbons (Fsp3) is 0.385. The number of carbonyl (C=O) groups is 1. The average molecular weight is 263 g/mol. The smallest absolute Gasteiger partial charge is 0.225 e. The second-order valence-corrected chi connectivity index (χ2v) is 5.30. The summed E-state index contributed by atoms with van der Waals surface area (Å²) in [5.41, 5.74) is 1.83. The molecule has 18 heavy (non-hydrogen) atoms. The van der Waals surface area contributed by atoms with Crippen LogP contribution in [0.5, 0.6) is 0 Å². The molecular weight excluding hydrogens is 246 g/mol. The molecule has 1 amide bonds. The van der Waals surface area contributed by atoms with Gasteiger partial charge in [0.15, 0.2) is 0 Å². The number of benzene rings is 1. The molecule has 4 nitrogen and oxygen atoms in total. The van der Waals surface area contributed by atoms with Gasteiger partial charge >= 0.3 is 0 Å². The molecule has 0 spiro atoms. The van der Waals surface area contributed by atoms with Crippen LogP contribution in [0.15, 0.2) is 18.2 Å². The van der Waals surface area contributed by atoms with Crippen LogP contribution in [0.25, 0.3) is 10.2 Å². The summed E-state index contributed by atoms with van der Waals surface area (Å²) in [6.07, 6.45) is 0.494. The van der Waals surface area contributed by atoms with Gasteiger partial charge in [0.05, 0.1) is 15.2 Å². The summed E-state index contributed by atoms with van der Waals surface area (Å²) in [6.45, 7) is 5.61. The molecule has 0 saturated heterocycles. The van der Waals surface area contributed by atoms with Crippen molar-refractivity contribution in [2.75, 3.05) is 18.4 Å². The van der Waals surface area contributed by atoms with Gasteiger partial charge in [-0.25, -0.2) is 4.98 Å². The highest BCUT2D eigenvalue weighted by Gasteiger charge is 2.04. The third-order valence-electron chi connectivity index (χ3n) is 2.56. The van der Waals surface area contributed by atoms with E-state index in [2.05, 4.69) is 15.6 Å². The van der Waals surface area contributed by atoms with Gasteiger partial charge in [-0.05, 0) is 31.7 Å². The van der Waals surface area contributed by atoms with Gasteiger partial charge in [0, 0.05) is 18.7 Å². The second-order valence-electron chi connectivity index (χ2n) is 4.07. The van der Waals surface area contributed by atoms with E-state index >= 15 is 0 Å². The molecule has 1 aromatic carbocycles. The molecule has 0 unspecified atom stereocenters. The number of nitrogens with zero attached hydrogens (tertiary/aromatic N) is 1. The summed E-state index contributed by atoms with van der Waals surface area (Å²) in [7, 11) is 0. The SMILES string of the molecule is CCNCCC(=O)Nc1ccc2nc(C)sc2c1. The third-order valence-corrected chi connectivity index (χ3v) is 3.49. The highest BCUT2D eigenvalue weighted by molar-refractivity contribution is 7.18. The van der Waals surface area contributed by atoms with Crippen LogP contribution in [-0.4, -0.2) is 24.0 Å².